The Kier molecular flexibility index (Phi) is 3.61. The molecule has 88 valence electrons. The predicted molar refractivity (Wildman–Crippen MR) is 69.6 cm³/mol. The minimum absolute atomic E-state index is 0.396. The number of thioether (sulfide) groups is 1. The molecule has 0 bridgehead atoms. The predicted octanol–water partition coefficient (Wildman–Crippen LogP) is 1.95. The second kappa shape index (κ2) is 4.97. The van der Waals surface area contributed by atoms with E-state index in [0.29, 0.717) is 12.6 Å². The van der Waals surface area contributed by atoms with Gasteiger partial charge in [-0.25, -0.2) is 0 Å². The van der Waals surface area contributed by atoms with Crippen LogP contribution in [-0.4, -0.2) is 32.0 Å². The van der Waals surface area contributed by atoms with Crippen molar-refractivity contribution >= 4 is 17.4 Å². The zero-order valence-electron chi connectivity index (χ0n) is 9.77. The molecule has 1 aromatic rings. The fraction of sp³-hybridized carbons (Fsp3) is 0.500. The van der Waals surface area contributed by atoms with Crippen molar-refractivity contribution in [3.05, 3.63) is 18.2 Å². The van der Waals surface area contributed by atoms with Crippen LogP contribution in [0.2, 0.25) is 0 Å². The van der Waals surface area contributed by atoms with E-state index in [-0.39, 0.29) is 0 Å². The van der Waals surface area contributed by atoms with Gasteiger partial charge in [0.1, 0.15) is 5.75 Å². The molecular formula is C12H18N2OS. The topological polar surface area (TPSA) is 38.5 Å². The van der Waals surface area contributed by atoms with Crippen LogP contribution in [0.5, 0.6) is 5.75 Å². The van der Waals surface area contributed by atoms with Crippen LogP contribution in [0.15, 0.2) is 23.1 Å². The number of ether oxygens (including phenoxy) is 1. The molecule has 1 unspecified atom stereocenters. The number of methoxy groups -OCH3 is 1. The molecule has 0 amide bonds. The van der Waals surface area contributed by atoms with E-state index in [1.807, 2.05) is 17.8 Å². The van der Waals surface area contributed by atoms with Crippen molar-refractivity contribution < 1.29 is 4.74 Å². The summed E-state index contributed by atoms with van der Waals surface area (Å²) in [5.41, 5.74) is 7.03. The molecular weight excluding hydrogens is 220 g/mol. The third-order valence-corrected chi connectivity index (χ3v) is 3.96. The molecule has 0 radical (unpaired) electrons. The van der Waals surface area contributed by atoms with E-state index < -0.39 is 0 Å². The summed E-state index contributed by atoms with van der Waals surface area (Å²) in [6.07, 6.45) is 0. The van der Waals surface area contributed by atoms with E-state index in [1.165, 1.54) is 10.6 Å². The Morgan fingerprint density at radius 3 is 3.06 bits per heavy atom. The van der Waals surface area contributed by atoms with Gasteiger partial charge in [0.15, 0.2) is 0 Å². The van der Waals surface area contributed by atoms with E-state index in [2.05, 4.69) is 24.0 Å². The summed E-state index contributed by atoms with van der Waals surface area (Å²) in [4.78, 5) is 3.68. The zero-order chi connectivity index (χ0) is 11.5. The van der Waals surface area contributed by atoms with Crippen molar-refractivity contribution in [3.63, 3.8) is 0 Å². The van der Waals surface area contributed by atoms with Crippen LogP contribution >= 0.6 is 11.8 Å². The highest BCUT2D eigenvalue weighted by Gasteiger charge is 2.21. The highest BCUT2D eigenvalue weighted by molar-refractivity contribution is 7.99. The average Bonchev–Trinajstić information content (AvgIpc) is 2.36. The first-order chi connectivity index (χ1) is 7.76. The van der Waals surface area contributed by atoms with Crippen LogP contribution < -0.4 is 15.4 Å². The smallest absolute Gasteiger partial charge is 0.120 e. The van der Waals surface area contributed by atoms with Gasteiger partial charge in [-0.15, -0.1) is 11.8 Å². The van der Waals surface area contributed by atoms with Crippen molar-refractivity contribution in [1.29, 1.82) is 0 Å². The minimum Gasteiger partial charge on any atom is -0.497 e. The number of rotatable bonds is 3. The molecule has 0 saturated heterocycles. The Bertz CT molecular complexity index is 370. The van der Waals surface area contributed by atoms with Gasteiger partial charge in [-0.05, 0) is 25.1 Å². The first-order valence-electron chi connectivity index (χ1n) is 5.54. The van der Waals surface area contributed by atoms with Crippen LogP contribution in [0.3, 0.4) is 0 Å². The summed E-state index contributed by atoms with van der Waals surface area (Å²) in [5.74, 6) is 2.04. The quantitative estimate of drug-likeness (QED) is 0.873. The fourth-order valence-corrected chi connectivity index (χ4v) is 2.97. The maximum absolute atomic E-state index is 5.74. The van der Waals surface area contributed by atoms with Gasteiger partial charge in [-0.2, -0.15) is 0 Å². The molecule has 1 aromatic carbocycles. The maximum Gasteiger partial charge on any atom is 0.120 e. The summed E-state index contributed by atoms with van der Waals surface area (Å²) in [6.45, 7) is 3.93. The summed E-state index contributed by atoms with van der Waals surface area (Å²) in [5, 5.41) is 0. The average molecular weight is 238 g/mol. The van der Waals surface area contributed by atoms with Gasteiger partial charge in [0.05, 0.1) is 12.8 Å². The van der Waals surface area contributed by atoms with Crippen molar-refractivity contribution in [2.75, 3.05) is 30.9 Å². The number of nitrogens with zero attached hydrogens (tertiary/aromatic N) is 1. The first-order valence-corrected chi connectivity index (χ1v) is 6.52. The van der Waals surface area contributed by atoms with Gasteiger partial charge < -0.3 is 15.4 Å². The number of anilines is 1. The second-order valence-corrected chi connectivity index (χ2v) is 5.10. The molecule has 3 nitrogen and oxygen atoms in total. The second-order valence-electron chi connectivity index (χ2n) is 3.96. The van der Waals surface area contributed by atoms with Gasteiger partial charge in [-0.3, -0.25) is 0 Å². The molecule has 4 heteroatoms. The molecule has 0 saturated carbocycles. The number of hydrogen-bond donors (Lipinski definition) is 1. The van der Waals surface area contributed by atoms with Crippen LogP contribution in [-0.2, 0) is 0 Å². The summed E-state index contributed by atoms with van der Waals surface area (Å²) >= 11 is 1.89. The van der Waals surface area contributed by atoms with Gasteiger partial charge in [0, 0.05) is 29.8 Å². The monoisotopic (exact) mass is 238 g/mol. The van der Waals surface area contributed by atoms with E-state index in [9.17, 15) is 0 Å². The minimum atomic E-state index is 0.396. The van der Waals surface area contributed by atoms with Gasteiger partial charge in [0.25, 0.3) is 0 Å². The molecule has 0 fully saturated rings. The van der Waals surface area contributed by atoms with E-state index >= 15 is 0 Å². The largest absolute Gasteiger partial charge is 0.497 e. The highest BCUT2D eigenvalue weighted by atomic mass is 32.2. The number of benzene rings is 1. The van der Waals surface area contributed by atoms with Crippen LogP contribution in [0.1, 0.15) is 6.92 Å². The molecule has 1 heterocycles. The van der Waals surface area contributed by atoms with E-state index in [4.69, 9.17) is 10.5 Å². The van der Waals surface area contributed by atoms with Crippen LogP contribution in [0, 0.1) is 0 Å². The molecule has 1 aliphatic heterocycles. The molecule has 2 rings (SSSR count). The molecule has 0 spiro atoms. The Morgan fingerprint density at radius 1 is 1.56 bits per heavy atom. The highest BCUT2D eigenvalue weighted by Crippen LogP contribution is 2.37. The summed E-state index contributed by atoms with van der Waals surface area (Å²) < 4.78 is 5.25. The third-order valence-electron chi connectivity index (χ3n) is 2.94. The van der Waals surface area contributed by atoms with Crippen molar-refractivity contribution in [2.45, 2.75) is 17.9 Å². The Balaban J connectivity index is 2.32. The lowest BCUT2D eigenvalue weighted by atomic mass is 10.2. The lowest BCUT2D eigenvalue weighted by molar-refractivity contribution is 0.413. The first kappa shape index (κ1) is 11.6. The summed E-state index contributed by atoms with van der Waals surface area (Å²) in [6, 6.07) is 6.65. The van der Waals surface area contributed by atoms with Crippen molar-refractivity contribution in [2.24, 2.45) is 5.73 Å². The fourth-order valence-electron chi connectivity index (χ4n) is 1.93. The number of nitrogens with two attached hydrogens (primary N) is 1. The Labute approximate surface area is 101 Å². The van der Waals surface area contributed by atoms with Gasteiger partial charge >= 0.3 is 0 Å². The maximum atomic E-state index is 5.74. The van der Waals surface area contributed by atoms with Gasteiger partial charge in [-0.1, -0.05) is 0 Å². The Morgan fingerprint density at radius 2 is 2.38 bits per heavy atom. The van der Waals surface area contributed by atoms with Crippen LogP contribution in [0.25, 0.3) is 0 Å². The molecule has 0 aromatic heterocycles. The van der Waals surface area contributed by atoms with E-state index in [0.717, 1.165) is 18.0 Å². The number of fused-ring (bicyclic) bond motifs is 1. The third kappa shape index (κ3) is 2.13. The zero-order valence-corrected chi connectivity index (χ0v) is 10.6. The molecule has 1 atom stereocenters. The standard InChI is InChI=1S/C12H18N2OS/c1-9(8-13)14-5-6-16-12-7-10(15-2)3-4-11(12)14/h3-4,7,9H,5-6,8,13H2,1-2H3. The van der Waals surface area contributed by atoms with Gasteiger partial charge in [0.2, 0.25) is 0 Å². The Hall–Kier alpha value is -0.870. The molecule has 2 N–H and O–H groups in total. The van der Waals surface area contributed by atoms with Crippen molar-refractivity contribution in [1.82, 2.24) is 0 Å². The molecule has 1 aliphatic rings. The van der Waals surface area contributed by atoms with E-state index in [1.54, 1.807) is 7.11 Å². The van der Waals surface area contributed by atoms with Crippen LogP contribution in [0.4, 0.5) is 5.69 Å². The lowest BCUT2D eigenvalue weighted by Crippen LogP contribution is -2.41. The SMILES string of the molecule is COc1ccc2c(c1)SCCN2C(C)CN. The van der Waals surface area contributed by atoms with Crippen molar-refractivity contribution in [3.8, 4) is 5.75 Å². The normalized spacial score (nSPS) is 16.8. The summed E-state index contributed by atoms with van der Waals surface area (Å²) in [7, 11) is 1.70. The molecule has 0 aliphatic carbocycles. The molecule has 16 heavy (non-hydrogen) atoms. The lowest BCUT2D eigenvalue weighted by Gasteiger charge is -2.35. The number of hydrogen-bond acceptors (Lipinski definition) is 4.